The van der Waals surface area contributed by atoms with Crippen molar-refractivity contribution in [3.05, 3.63) is 72.1 Å². The fourth-order valence-corrected chi connectivity index (χ4v) is 4.88. The van der Waals surface area contributed by atoms with E-state index >= 15 is 0 Å². The lowest BCUT2D eigenvalue weighted by atomic mass is 9.97. The monoisotopic (exact) mass is 497 g/mol. The number of pyridine rings is 1. The van der Waals surface area contributed by atoms with Crippen LogP contribution < -0.4 is 15.4 Å². The molecule has 1 aliphatic rings. The molecular weight excluding hydrogens is 462 g/mol. The molecule has 1 aliphatic heterocycles. The number of aliphatic hydroxyl groups is 1. The van der Waals surface area contributed by atoms with Gasteiger partial charge in [-0.25, -0.2) is 15.0 Å². The number of aryl methyl sites for hydroxylation is 2. The minimum absolute atomic E-state index is 0.283. The molecule has 0 saturated carbocycles. The molecule has 2 aromatic carbocycles. The van der Waals surface area contributed by atoms with Crippen LogP contribution in [0.4, 0.5) is 5.95 Å². The Balaban J connectivity index is 1.45. The topological polar surface area (TPSA) is 92.2 Å². The van der Waals surface area contributed by atoms with Gasteiger partial charge in [0.05, 0.1) is 17.4 Å². The number of nitrogens with zero attached hydrogens (tertiary/aromatic N) is 3. The Kier molecular flexibility index (Phi) is 7.92. The predicted molar refractivity (Wildman–Crippen MR) is 148 cm³/mol. The van der Waals surface area contributed by atoms with Gasteiger partial charge in [-0.1, -0.05) is 37.3 Å². The highest BCUT2D eigenvalue weighted by molar-refractivity contribution is 5.92. The van der Waals surface area contributed by atoms with Crippen LogP contribution in [0.1, 0.15) is 43.7 Å². The molecule has 0 unspecified atom stereocenters. The summed E-state index contributed by atoms with van der Waals surface area (Å²) in [7, 11) is 0. The van der Waals surface area contributed by atoms with Crippen LogP contribution in [-0.2, 0) is 6.42 Å². The van der Waals surface area contributed by atoms with Crippen molar-refractivity contribution in [1.29, 1.82) is 0 Å². The molecule has 1 saturated heterocycles. The molecule has 4 aromatic rings. The molecule has 37 heavy (non-hydrogen) atoms. The number of hydrogen-bond acceptors (Lipinski definition) is 7. The molecule has 1 fully saturated rings. The van der Waals surface area contributed by atoms with E-state index in [4.69, 9.17) is 9.72 Å². The third kappa shape index (κ3) is 5.89. The molecule has 0 bridgehead atoms. The molecule has 7 heteroatoms. The van der Waals surface area contributed by atoms with Gasteiger partial charge in [0.15, 0.2) is 0 Å². The SMILES string of the molecule is CC[C@H](O)CCc1cccc2c(Oc3ncccc3-c3ccnc(N[C@H]4CCCNC4)n3)c(C)ccc12. The molecule has 5 rings (SSSR count). The standard InChI is InChI=1S/C30H35N5O2/c1-3-23(36)13-12-21-7-4-9-25-24(21)14-11-20(2)28(25)37-29-26(10-6-17-32-29)27-15-18-33-30(35-27)34-22-8-5-16-31-19-22/h4,6-7,9-11,14-15,17-18,22-23,31,36H,3,5,8,12-13,16,19H2,1-2H3,(H,33,34,35)/t22-,23-/m0/s1. The number of aromatic nitrogens is 3. The summed E-state index contributed by atoms with van der Waals surface area (Å²) in [4.78, 5) is 13.8. The number of benzene rings is 2. The second-order valence-corrected chi connectivity index (χ2v) is 9.74. The molecule has 0 radical (unpaired) electrons. The Morgan fingerprint density at radius 2 is 2.00 bits per heavy atom. The second kappa shape index (κ2) is 11.7. The third-order valence-corrected chi connectivity index (χ3v) is 7.05. The highest BCUT2D eigenvalue weighted by Gasteiger charge is 2.17. The minimum atomic E-state index is -0.283. The number of anilines is 1. The van der Waals surface area contributed by atoms with Crippen molar-refractivity contribution < 1.29 is 9.84 Å². The Labute approximate surface area is 218 Å². The molecule has 192 valence electrons. The van der Waals surface area contributed by atoms with Gasteiger partial charge in [0.1, 0.15) is 5.75 Å². The fourth-order valence-electron chi connectivity index (χ4n) is 4.88. The van der Waals surface area contributed by atoms with E-state index in [9.17, 15) is 5.11 Å². The van der Waals surface area contributed by atoms with Crippen molar-refractivity contribution in [3.63, 3.8) is 0 Å². The number of ether oxygens (including phenoxy) is 1. The van der Waals surface area contributed by atoms with Crippen molar-refractivity contribution in [2.75, 3.05) is 18.4 Å². The van der Waals surface area contributed by atoms with Crippen molar-refractivity contribution >= 4 is 16.7 Å². The van der Waals surface area contributed by atoms with E-state index in [0.717, 1.165) is 78.5 Å². The quantitative estimate of drug-likeness (QED) is 0.275. The summed E-state index contributed by atoms with van der Waals surface area (Å²) < 4.78 is 6.55. The highest BCUT2D eigenvalue weighted by Crippen LogP contribution is 2.37. The van der Waals surface area contributed by atoms with Crippen molar-refractivity contribution in [3.8, 4) is 22.9 Å². The zero-order valence-electron chi connectivity index (χ0n) is 21.6. The fraction of sp³-hybridized carbons (Fsp3) is 0.367. The summed E-state index contributed by atoms with van der Waals surface area (Å²) in [6.45, 7) is 6.03. The number of nitrogens with one attached hydrogen (secondary N) is 2. The van der Waals surface area contributed by atoms with Gasteiger partial charge in [-0.05, 0) is 80.3 Å². The number of aliphatic hydroxyl groups excluding tert-OH is 1. The van der Waals surface area contributed by atoms with Crippen LogP contribution in [-0.4, -0.2) is 45.3 Å². The molecular formula is C30H35N5O2. The number of rotatable bonds is 9. The van der Waals surface area contributed by atoms with Crippen LogP contribution in [0.3, 0.4) is 0 Å². The molecule has 2 atom stereocenters. The van der Waals surface area contributed by atoms with E-state index in [1.54, 1.807) is 12.4 Å². The first-order chi connectivity index (χ1) is 18.1. The largest absolute Gasteiger partial charge is 0.437 e. The summed E-state index contributed by atoms with van der Waals surface area (Å²) in [6, 6.07) is 16.6. The van der Waals surface area contributed by atoms with Crippen molar-refractivity contribution in [1.82, 2.24) is 20.3 Å². The van der Waals surface area contributed by atoms with Crippen LogP contribution in [0.25, 0.3) is 22.0 Å². The molecule has 3 heterocycles. The average molecular weight is 498 g/mol. The van der Waals surface area contributed by atoms with Crippen molar-refractivity contribution in [2.45, 2.75) is 58.1 Å². The van der Waals surface area contributed by atoms with Crippen LogP contribution in [0.15, 0.2) is 60.9 Å². The van der Waals surface area contributed by atoms with Gasteiger partial charge in [0, 0.05) is 30.4 Å². The normalized spacial score (nSPS) is 16.5. The van der Waals surface area contributed by atoms with E-state index in [1.165, 1.54) is 5.56 Å². The van der Waals surface area contributed by atoms with Gasteiger partial charge in [0.25, 0.3) is 0 Å². The summed E-state index contributed by atoms with van der Waals surface area (Å²) in [6.07, 6.45) is 7.79. The Morgan fingerprint density at radius 3 is 2.84 bits per heavy atom. The van der Waals surface area contributed by atoms with Crippen LogP contribution in [0.2, 0.25) is 0 Å². The smallest absolute Gasteiger partial charge is 0.228 e. The Morgan fingerprint density at radius 1 is 1.08 bits per heavy atom. The Hall–Kier alpha value is -3.55. The van der Waals surface area contributed by atoms with Gasteiger partial charge >= 0.3 is 0 Å². The molecule has 7 nitrogen and oxygen atoms in total. The van der Waals surface area contributed by atoms with Gasteiger partial charge in [-0.15, -0.1) is 0 Å². The maximum atomic E-state index is 10.1. The average Bonchev–Trinajstić information content (AvgIpc) is 2.94. The molecule has 0 amide bonds. The maximum Gasteiger partial charge on any atom is 0.228 e. The van der Waals surface area contributed by atoms with E-state index in [1.807, 2.05) is 25.1 Å². The number of piperidine rings is 1. The van der Waals surface area contributed by atoms with Gasteiger partial charge < -0.3 is 20.5 Å². The highest BCUT2D eigenvalue weighted by atomic mass is 16.5. The first kappa shape index (κ1) is 25.1. The zero-order chi connectivity index (χ0) is 25.6. The molecule has 2 aromatic heterocycles. The summed E-state index contributed by atoms with van der Waals surface area (Å²) in [5, 5.41) is 19.1. The second-order valence-electron chi connectivity index (χ2n) is 9.74. The summed E-state index contributed by atoms with van der Waals surface area (Å²) in [5.74, 6) is 1.91. The van der Waals surface area contributed by atoms with Gasteiger partial charge in [0.2, 0.25) is 11.8 Å². The third-order valence-electron chi connectivity index (χ3n) is 7.05. The van der Waals surface area contributed by atoms with Crippen molar-refractivity contribution in [2.24, 2.45) is 0 Å². The first-order valence-corrected chi connectivity index (χ1v) is 13.2. The minimum Gasteiger partial charge on any atom is -0.437 e. The van der Waals surface area contributed by atoms with E-state index in [0.29, 0.717) is 17.9 Å². The summed E-state index contributed by atoms with van der Waals surface area (Å²) >= 11 is 0. The molecule has 3 N–H and O–H groups in total. The maximum absolute atomic E-state index is 10.1. The van der Waals surface area contributed by atoms with Crippen LogP contribution in [0.5, 0.6) is 11.6 Å². The zero-order valence-corrected chi connectivity index (χ0v) is 21.6. The van der Waals surface area contributed by atoms with Crippen LogP contribution >= 0.6 is 0 Å². The number of fused-ring (bicyclic) bond motifs is 1. The predicted octanol–water partition coefficient (Wildman–Crippen LogP) is 5.66. The van der Waals surface area contributed by atoms with E-state index in [2.05, 4.69) is 57.9 Å². The summed E-state index contributed by atoms with van der Waals surface area (Å²) in [5.41, 5.74) is 3.81. The lowest BCUT2D eigenvalue weighted by molar-refractivity contribution is 0.161. The first-order valence-electron chi connectivity index (χ1n) is 13.2. The van der Waals surface area contributed by atoms with Crippen LogP contribution in [0, 0.1) is 6.92 Å². The van der Waals surface area contributed by atoms with E-state index < -0.39 is 0 Å². The lowest BCUT2D eigenvalue weighted by Gasteiger charge is -2.23. The van der Waals surface area contributed by atoms with Gasteiger partial charge in [-0.3, -0.25) is 0 Å². The molecule has 0 aliphatic carbocycles. The lowest BCUT2D eigenvalue weighted by Crippen LogP contribution is -2.38. The number of hydrogen-bond donors (Lipinski definition) is 3. The Bertz CT molecular complexity index is 1350. The van der Waals surface area contributed by atoms with E-state index in [-0.39, 0.29) is 6.10 Å². The molecule has 0 spiro atoms. The van der Waals surface area contributed by atoms with Gasteiger partial charge in [-0.2, -0.15) is 0 Å².